The maximum atomic E-state index is 12.5. The van der Waals surface area contributed by atoms with E-state index in [-0.39, 0.29) is 18.1 Å². The SMILES string of the molecule is O=C(NCC1CC(O)CN1Cc1ccccc1)c1ccoc1C1CC1. The number of hydrogen-bond donors (Lipinski definition) is 2. The molecule has 132 valence electrons. The summed E-state index contributed by atoms with van der Waals surface area (Å²) in [5.41, 5.74) is 1.88. The Morgan fingerprint density at radius 1 is 1.24 bits per heavy atom. The van der Waals surface area contributed by atoms with Crippen molar-refractivity contribution in [1.29, 1.82) is 0 Å². The summed E-state index contributed by atoms with van der Waals surface area (Å²) in [5.74, 6) is 1.17. The first kappa shape index (κ1) is 16.4. The maximum Gasteiger partial charge on any atom is 0.254 e. The molecule has 1 amide bonds. The van der Waals surface area contributed by atoms with Crippen LogP contribution in [0, 0.1) is 0 Å². The van der Waals surface area contributed by atoms with Crippen LogP contribution in [0.1, 0.15) is 46.9 Å². The molecule has 25 heavy (non-hydrogen) atoms. The molecular weight excluding hydrogens is 316 g/mol. The minimum atomic E-state index is -0.332. The van der Waals surface area contributed by atoms with E-state index in [9.17, 15) is 9.90 Å². The van der Waals surface area contributed by atoms with Crippen LogP contribution in [0.15, 0.2) is 47.1 Å². The van der Waals surface area contributed by atoms with E-state index in [4.69, 9.17) is 4.42 Å². The number of furan rings is 1. The lowest BCUT2D eigenvalue weighted by atomic mass is 10.1. The fraction of sp³-hybridized carbons (Fsp3) is 0.450. The Balaban J connectivity index is 1.37. The lowest BCUT2D eigenvalue weighted by Gasteiger charge is -2.24. The van der Waals surface area contributed by atoms with Crippen molar-refractivity contribution in [3.8, 4) is 0 Å². The van der Waals surface area contributed by atoms with Gasteiger partial charge < -0.3 is 14.8 Å². The van der Waals surface area contributed by atoms with E-state index in [1.165, 1.54) is 5.56 Å². The third-order valence-corrected chi connectivity index (χ3v) is 5.12. The number of aliphatic hydroxyl groups is 1. The normalized spacial score (nSPS) is 23.7. The van der Waals surface area contributed by atoms with Gasteiger partial charge in [-0.15, -0.1) is 0 Å². The number of nitrogens with one attached hydrogen (secondary N) is 1. The first-order chi connectivity index (χ1) is 12.2. The summed E-state index contributed by atoms with van der Waals surface area (Å²) >= 11 is 0. The number of likely N-dealkylation sites (tertiary alicyclic amines) is 1. The van der Waals surface area contributed by atoms with Crippen LogP contribution in [0.4, 0.5) is 0 Å². The van der Waals surface area contributed by atoms with Gasteiger partial charge in [-0.3, -0.25) is 9.69 Å². The van der Waals surface area contributed by atoms with E-state index in [0.717, 1.165) is 25.1 Å². The number of nitrogens with zero attached hydrogens (tertiary/aromatic N) is 1. The first-order valence-corrected chi connectivity index (χ1v) is 9.02. The number of aliphatic hydroxyl groups excluding tert-OH is 1. The molecule has 1 saturated carbocycles. The highest BCUT2D eigenvalue weighted by Crippen LogP contribution is 2.42. The second kappa shape index (κ2) is 7.02. The highest BCUT2D eigenvalue weighted by Gasteiger charge is 2.33. The molecule has 5 heteroatoms. The lowest BCUT2D eigenvalue weighted by molar-refractivity contribution is 0.0937. The molecule has 2 atom stereocenters. The molecule has 2 N–H and O–H groups in total. The summed E-state index contributed by atoms with van der Waals surface area (Å²) in [5, 5.41) is 13.1. The molecule has 2 heterocycles. The zero-order valence-electron chi connectivity index (χ0n) is 14.2. The number of carbonyl (C=O) groups is 1. The topological polar surface area (TPSA) is 65.7 Å². The van der Waals surface area contributed by atoms with Gasteiger partial charge in [0.1, 0.15) is 5.76 Å². The lowest BCUT2D eigenvalue weighted by Crippen LogP contribution is -2.39. The summed E-state index contributed by atoms with van der Waals surface area (Å²) in [7, 11) is 0. The molecule has 1 aliphatic heterocycles. The van der Waals surface area contributed by atoms with E-state index in [0.29, 0.717) is 31.0 Å². The molecule has 2 aromatic rings. The van der Waals surface area contributed by atoms with Crippen LogP contribution in [0.3, 0.4) is 0 Å². The Labute approximate surface area is 147 Å². The largest absolute Gasteiger partial charge is 0.468 e. The second-order valence-electron chi connectivity index (χ2n) is 7.14. The molecule has 2 unspecified atom stereocenters. The van der Waals surface area contributed by atoms with Gasteiger partial charge in [0, 0.05) is 31.6 Å². The molecule has 2 fully saturated rings. The Hall–Kier alpha value is -2.11. The number of rotatable bonds is 6. The zero-order chi connectivity index (χ0) is 17.2. The Bertz CT molecular complexity index is 724. The van der Waals surface area contributed by atoms with Gasteiger partial charge in [0.15, 0.2) is 0 Å². The molecule has 4 rings (SSSR count). The van der Waals surface area contributed by atoms with Crippen LogP contribution < -0.4 is 5.32 Å². The smallest absolute Gasteiger partial charge is 0.254 e. The third kappa shape index (κ3) is 3.78. The average molecular weight is 340 g/mol. The molecule has 0 spiro atoms. The maximum absolute atomic E-state index is 12.5. The molecule has 0 bridgehead atoms. The van der Waals surface area contributed by atoms with Gasteiger partial charge in [0.25, 0.3) is 5.91 Å². The molecule has 1 aromatic heterocycles. The summed E-state index contributed by atoms with van der Waals surface area (Å²) < 4.78 is 5.49. The van der Waals surface area contributed by atoms with Gasteiger partial charge in [-0.1, -0.05) is 30.3 Å². The third-order valence-electron chi connectivity index (χ3n) is 5.12. The number of hydrogen-bond acceptors (Lipinski definition) is 4. The number of amides is 1. The van der Waals surface area contributed by atoms with Crippen molar-refractivity contribution >= 4 is 5.91 Å². The molecule has 1 aliphatic carbocycles. The molecular formula is C20H24N2O3. The fourth-order valence-electron chi connectivity index (χ4n) is 3.66. The van der Waals surface area contributed by atoms with Gasteiger partial charge in [0.05, 0.1) is 17.9 Å². The molecule has 5 nitrogen and oxygen atoms in total. The van der Waals surface area contributed by atoms with E-state index >= 15 is 0 Å². The van der Waals surface area contributed by atoms with Crippen molar-refractivity contribution < 1.29 is 14.3 Å². The van der Waals surface area contributed by atoms with Crippen LogP contribution in [0.25, 0.3) is 0 Å². The Kier molecular flexibility index (Phi) is 4.59. The van der Waals surface area contributed by atoms with E-state index in [2.05, 4.69) is 22.3 Å². The van der Waals surface area contributed by atoms with Crippen molar-refractivity contribution in [3.63, 3.8) is 0 Å². The van der Waals surface area contributed by atoms with Gasteiger partial charge in [-0.25, -0.2) is 0 Å². The van der Waals surface area contributed by atoms with Crippen molar-refractivity contribution in [2.75, 3.05) is 13.1 Å². The van der Waals surface area contributed by atoms with E-state index < -0.39 is 0 Å². The van der Waals surface area contributed by atoms with E-state index in [1.807, 2.05) is 18.2 Å². The quantitative estimate of drug-likeness (QED) is 0.848. The number of carbonyl (C=O) groups excluding carboxylic acids is 1. The van der Waals surface area contributed by atoms with Crippen molar-refractivity contribution in [2.24, 2.45) is 0 Å². The van der Waals surface area contributed by atoms with Crippen molar-refractivity contribution in [1.82, 2.24) is 10.2 Å². The molecule has 1 aromatic carbocycles. The minimum absolute atomic E-state index is 0.0725. The predicted octanol–water partition coefficient (Wildman–Crippen LogP) is 2.52. The zero-order valence-corrected chi connectivity index (χ0v) is 14.2. The highest BCUT2D eigenvalue weighted by atomic mass is 16.3. The first-order valence-electron chi connectivity index (χ1n) is 9.02. The van der Waals surface area contributed by atoms with Crippen LogP contribution in [-0.4, -0.2) is 41.1 Å². The van der Waals surface area contributed by atoms with Gasteiger partial charge in [0.2, 0.25) is 0 Å². The van der Waals surface area contributed by atoms with Crippen LogP contribution >= 0.6 is 0 Å². The molecule has 1 saturated heterocycles. The summed E-state index contributed by atoms with van der Waals surface area (Å²) in [6.07, 6.45) is 4.17. The Morgan fingerprint density at radius 3 is 2.80 bits per heavy atom. The summed E-state index contributed by atoms with van der Waals surface area (Å²) in [6.45, 7) is 1.98. The highest BCUT2D eigenvalue weighted by molar-refractivity contribution is 5.95. The minimum Gasteiger partial charge on any atom is -0.468 e. The predicted molar refractivity (Wildman–Crippen MR) is 94.3 cm³/mol. The monoisotopic (exact) mass is 340 g/mol. The standard InChI is InChI=1S/C20H24N2O3/c23-17-10-16(22(13-17)12-14-4-2-1-3-5-14)11-21-20(24)18-8-9-25-19(18)15-6-7-15/h1-5,8-9,15-17,23H,6-7,10-13H2,(H,21,24). The van der Waals surface area contributed by atoms with E-state index in [1.54, 1.807) is 12.3 Å². The van der Waals surface area contributed by atoms with Crippen LogP contribution in [-0.2, 0) is 6.54 Å². The van der Waals surface area contributed by atoms with Crippen LogP contribution in [0.2, 0.25) is 0 Å². The van der Waals surface area contributed by atoms with Crippen molar-refractivity contribution in [3.05, 3.63) is 59.5 Å². The Morgan fingerprint density at radius 2 is 2.04 bits per heavy atom. The second-order valence-corrected chi connectivity index (χ2v) is 7.14. The molecule has 0 radical (unpaired) electrons. The fourth-order valence-corrected chi connectivity index (χ4v) is 3.66. The van der Waals surface area contributed by atoms with Crippen molar-refractivity contribution in [2.45, 2.75) is 43.9 Å². The summed E-state index contributed by atoms with van der Waals surface area (Å²) in [6, 6.07) is 12.1. The van der Waals surface area contributed by atoms with Gasteiger partial charge in [-0.2, -0.15) is 0 Å². The van der Waals surface area contributed by atoms with Gasteiger partial charge >= 0.3 is 0 Å². The summed E-state index contributed by atoms with van der Waals surface area (Å²) in [4.78, 5) is 14.8. The number of benzene rings is 1. The van der Waals surface area contributed by atoms with Crippen LogP contribution in [0.5, 0.6) is 0 Å². The van der Waals surface area contributed by atoms with Gasteiger partial charge in [-0.05, 0) is 30.9 Å². The average Bonchev–Trinajstić information content (AvgIpc) is 3.23. The number of β-amino-alcohol motifs (C(OH)–C–C–N with tert-alkyl or cyclic N) is 1. The molecule has 2 aliphatic rings.